The Kier molecular flexibility index (Phi) is 4.11. The first-order valence-corrected chi connectivity index (χ1v) is 8.97. The highest BCUT2D eigenvalue weighted by Gasteiger charge is 2.30. The van der Waals surface area contributed by atoms with Crippen LogP contribution in [0.4, 0.5) is 5.13 Å². The summed E-state index contributed by atoms with van der Waals surface area (Å²) in [6, 6.07) is 10.1. The molecule has 5 nitrogen and oxygen atoms in total. The van der Waals surface area contributed by atoms with Gasteiger partial charge in [-0.25, -0.2) is 15.8 Å². The number of anilines is 1. The Morgan fingerprint density at radius 2 is 2.00 bits per heavy atom. The van der Waals surface area contributed by atoms with Gasteiger partial charge in [-0.15, -0.1) is 11.3 Å². The maximum atomic E-state index is 12.5. The van der Waals surface area contributed by atoms with E-state index in [-0.39, 0.29) is 18.0 Å². The van der Waals surface area contributed by atoms with E-state index in [1.165, 1.54) is 29.0 Å². The minimum Gasteiger partial charge on any atom is -0.301 e. The van der Waals surface area contributed by atoms with Crippen LogP contribution in [0.3, 0.4) is 0 Å². The first kappa shape index (κ1) is 14.8. The smallest absolute Gasteiger partial charge is 0.244 e. The Labute approximate surface area is 139 Å². The van der Waals surface area contributed by atoms with Crippen molar-refractivity contribution in [2.24, 2.45) is 0 Å². The molecule has 2 aliphatic rings. The number of aromatic nitrogens is 1. The van der Waals surface area contributed by atoms with Crippen LogP contribution in [0.2, 0.25) is 0 Å². The van der Waals surface area contributed by atoms with Crippen molar-refractivity contribution in [2.75, 3.05) is 5.32 Å². The average Bonchev–Trinajstić information content (AvgIpc) is 3.22. The second-order valence-corrected chi connectivity index (χ2v) is 7.21. The van der Waals surface area contributed by atoms with Crippen LogP contribution in [0.1, 0.15) is 41.4 Å². The Hall–Kier alpha value is -1.76. The van der Waals surface area contributed by atoms with E-state index in [1.54, 1.807) is 11.3 Å². The van der Waals surface area contributed by atoms with Gasteiger partial charge in [0.05, 0.1) is 5.69 Å². The average molecular weight is 328 g/mol. The number of amides is 1. The summed E-state index contributed by atoms with van der Waals surface area (Å²) >= 11 is 1.63. The number of fused-ring (bicyclic) bond motifs is 1. The molecule has 0 bridgehead atoms. The second-order valence-electron chi connectivity index (χ2n) is 6.13. The number of rotatable bonds is 3. The van der Waals surface area contributed by atoms with Gasteiger partial charge in [0.2, 0.25) is 5.91 Å². The van der Waals surface area contributed by atoms with Gasteiger partial charge >= 0.3 is 0 Å². The number of nitrogens with one attached hydrogen (secondary N) is 3. The fourth-order valence-electron chi connectivity index (χ4n) is 3.23. The molecular formula is C17H20N4OS. The van der Waals surface area contributed by atoms with Gasteiger partial charge in [-0.2, -0.15) is 0 Å². The van der Waals surface area contributed by atoms with Crippen LogP contribution < -0.4 is 16.2 Å². The summed E-state index contributed by atoms with van der Waals surface area (Å²) in [4.78, 5) is 18.4. The summed E-state index contributed by atoms with van der Waals surface area (Å²) in [5.41, 5.74) is 8.68. The fraction of sp³-hybridized carbons (Fsp3) is 0.412. The molecule has 1 aliphatic heterocycles. The lowest BCUT2D eigenvalue weighted by molar-refractivity contribution is -0.117. The Morgan fingerprint density at radius 3 is 2.83 bits per heavy atom. The summed E-state index contributed by atoms with van der Waals surface area (Å²) in [5, 5.41) is 3.72. The third-order valence-corrected chi connectivity index (χ3v) is 5.57. The molecule has 3 N–H and O–H groups in total. The number of hydrogen-bond donors (Lipinski definition) is 3. The van der Waals surface area contributed by atoms with Gasteiger partial charge in [-0.3, -0.25) is 4.79 Å². The molecule has 0 radical (unpaired) electrons. The van der Waals surface area contributed by atoms with Crippen LogP contribution in [-0.4, -0.2) is 16.9 Å². The van der Waals surface area contributed by atoms with Gasteiger partial charge in [0, 0.05) is 10.9 Å². The Morgan fingerprint density at radius 1 is 1.17 bits per heavy atom. The molecule has 1 aromatic carbocycles. The van der Waals surface area contributed by atoms with E-state index in [2.05, 4.69) is 33.3 Å². The van der Waals surface area contributed by atoms with Crippen LogP contribution in [0.25, 0.3) is 0 Å². The van der Waals surface area contributed by atoms with Gasteiger partial charge < -0.3 is 5.32 Å². The predicted molar refractivity (Wildman–Crippen MR) is 91.2 cm³/mol. The highest BCUT2D eigenvalue weighted by molar-refractivity contribution is 7.15. The first-order valence-electron chi connectivity index (χ1n) is 8.15. The van der Waals surface area contributed by atoms with E-state index < -0.39 is 0 Å². The molecule has 2 atom stereocenters. The largest absolute Gasteiger partial charge is 0.301 e. The Balaban J connectivity index is 1.39. The van der Waals surface area contributed by atoms with E-state index >= 15 is 0 Å². The van der Waals surface area contributed by atoms with Crippen LogP contribution in [-0.2, 0) is 17.6 Å². The lowest BCUT2D eigenvalue weighted by atomic mass is 10.0. The molecule has 1 aromatic heterocycles. The van der Waals surface area contributed by atoms with E-state index in [0.717, 1.165) is 24.4 Å². The molecule has 2 heterocycles. The summed E-state index contributed by atoms with van der Waals surface area (Å²) in [5.74, 6) is -0.0120. The van der Waals surface area contributed by atoms with E-state index in [0.29, 0.717) is 0 Å². The van der Waals surface area contributed by atoms with Gasteiger partial charge in [0.15, 0.2) is 5.13 Å². The lowest BCUT2D eigenvalue weighted by Gasteiger charge is -2.09. The zero-order chi connectivity index (χ0) is 15.6. The number of hydrogen-bond acceptors (Lipinski definition) is 5. The highest BCUT2D eigenvalue weighted by Crippen LogP contribution is 2.30. The monoisotopic (exact) mass is 328 g/mol. The third-order valence-electron chi connectivity index (χ3n) is 4.50. The number of thiazole rings is 1. The summed E-state index contributed by atoms with van der Waals surface area (Å²) in [6.07, 6.45) is 5.32. The van der Waals surface area contributed by atoms with E-state index in [9.17, 15) is 4.79 Å². The number of nitrogens with zero attached hydrogens (tertiary/aromatic N) is 1. The van der Waals surface area contributed by atoms with Crippen LogP contribution >= 0.6 is 11.3 Å². The SMILES string of the molecule is O=C(Nc1nc2c(s1)CCCC2)C1CC(c2ccccc2)NN1. The zero-order valence-corrected chi connectivity index (χ0v) is 13.7. The summed E-state index contributed by atoms with van der Waals surface area (Å²) < 4.78 is 0. The van der Waals surface area contributed by atoms with Gasteiger partial charge in [-0.1, -0.05) is 30.3 Å². The van der Waals surface area contributed by atoms with Crippen molar-refractivity contribution < 1.29 is 4.79 Å². The topological polar surface area (TPSA) is 66.0 Å². The van der Waals surface area contributed by atoms with Crippen LogP contribution in [0.5, 0.6) is 0 Å². The molecule has 6 heteroatoms. The lowest BCUT2D eigenvalue weighted by Crippen LogP contribution is -2.39. The first-order chi connectivity index (χ1) is 11.3. The molecule has 1 aliphatic carbocycles. The number of benzene rings is 1. The molecule has 0 spiro atoms. The maximum absolute atomic E-state index is 12.5. The van der Waals surface area contributed by atoms with E-state index in [1.807, 2.05) is 18.2 Å². The van der Waals surface area contributed by atoms with Crippen LogP contribution in [0, 0.1) is 0 Å². The minimum absolute atomic E-state index is 0.0120. The molecule has 120 valence electrons. The number of carbonyl (C=O) groups is 1. The van der Waals surface area contributed by atoms with Crippen molar-refractivity contribution in [3.63, 3.8) is 0 Å². The quantitative estimate of drug-likeness (QED) is 0.810. The van der Waals surface area contributed by atoms with Gasteiger partial charge in [0.1, 0.15) is 6.04 Å². The van der Waals surface area contributed by atoms with Crippen LogP contribution in [0.15, 0.2) is 30.3 Å². The number of aryl methyl sites for hydroxylation is 2. The molecule has 0 saturated carbocycles. The molecule has 2 unspecified atom stereocenters. The number of hydrazine groups is 1. The normalized spacial score (nSPS) is 23.5. The molecule has 23 heavy (non-hydrogen) atoms. The maximum Gasteiger partial charge on any atom is 0.244 e. The van der Waals surface area contributed by atoms with Gasteiger partial charge in [-0.05, 0) is 37.7 Å². The predicted octanol–water partition coefficient (Wildman–Crippen LogP) is 2.57. The fourth-order valence-corrected chi connectivity index (χ4v) is 4.28. The van der Waals surface area contributed by atoms with Crippen molar-refractivity contribution in [1.82, 2.24) is 15.8 Å². The van der Waals surface area contributed by atoms with Crippen molar-refractivity contribution in [1.29, 1.82) is 0 Å². The molecule has 4 rings (SSSR count). The Bertz CT molecular complexity index is 676. The molecule has 2 aromatic rings. The van der Waals surface area contributed by atoms with Crippen molar-refractivity contribution in [3.05, 3.63) is 46.5 Å². The summed E-state index contributed by atoms with van der Waals surface area (Å²) in [6.45, 7) is 0. The van der Waals surface area contributed by atoms with Crippen molar-refractivity contribution >= 4 is 22.4 Å². The van der Waals surface area contributed by atoms with Gasteiger partial charge in [0.25, 0.3) is 0 Å². The molecule has 1 amide bonds. The summed E-state index contributed by atoms with van der Waals surface area (Å²) in [7, 11) is 0. The van der Waals surface area contributed by atoms with Crippen molar-refractivity contribution in [2.45, 2.75) is 44.2 Å². The highest BCUT2D eigenvalue weighted by atomic mass is 32.1. The number of carbonyl (C=O) groups excluding carboxylic acids is 1. The second kappa shape index (κ2) is 6.39. The minimum atomic E-state index is -0.235. The third kappa shape index (κ3) is 3.15. The molecule has 1 saturated heterocycles. The standard InChI is InChI=1S/C17H20N4OS/c22-16(19-17-18-12-8-4-5-9-15(12)23-17)14-10-13(20-21-14)11-6-2-1-3-7-11/h1-3,6-7,13-14,20-21H,4-5,8-10H2,(H,18,19,22). The molecule has 1 fully saturated rings. The van der Waals surface area contributed by atoms with E-state index in [4.69, 9.17) is 0 Å². The van der Waals surface area contributed by atoms with Crippen molar-refractivity contribution in [3.8, 4) is 0 Å². The molecular weight excluding hydrogens is 308 g/mol. The zero-order valence-electron chi connectivity index (χ0n) is 12.8.